The van der Waals surface area contributed by atoms with E-state index in [1.54, 1.807) is 37.3 Å². The summed E-state index contributed by atoms with van der Waals surface area (Å²) in [6.07, 6.45) is 0.771. The fourth-order valence-corrected chi connectivity index (χ4v) is 4.86. The lowest BCUT2D eigenvalue weighted by molar-refractivity contribution is 0.0353. The zero-order chi connectivity index (χ0) is 23.7. The minimum absolute atomic E-state index is 0.0908. The van der Waals surface area contributed by atoms with E-state index in [1.807, 2.05) is 24.3 Å². The lowest BCUT2D eigenvalue weighted by Crippen LogP contribution is -2.38. The van der Waals surface area contributed by atoms with Crippen molar-refractivity contribution in [3.8, 4) is 11.5 Å². The van der Waals surface area contributed by atoms with Gasteiger partial charge in [0.15, 0.2) is 5.43 Å². The number of carbonyl (C=O) groups is 1. The maximum atomic E-state index is 13.7. The fraction of sp³-hybridized carbons (Fsp3) is 0.385. The minimum Gasteiger partial charge on any atom is -0.497 e. The lowest BCUT2D eigenvalue weighted by atomic mass is 9.97. The number of hydrogen-bond acceptors (Lipinski definition) is 7. The molecule has 2 aromatic carbocycles. The van der Waals surface area contributed by atoms with E-state index in [1.165, 1.54) is 0 Å². The normalized spacial score (nSPS) is 18.4. The molecule has 1 saturated heterocycles. The van der Waals surface area contributed by atoms with E-state index in [0.717, 1.165) is 44.8 Å². The molecule has 178 valence electrons. The first kappa shape index (κ1) is 22.4. The Labute approximate surface area is 197 Å². The van der Waals surface area contributed by atoms with Crippen molar-refractivity contribution >= 4 is 16.9 Å². The molecule has 1 atom stereocenters. The Morgan fingerprint density at radius 3 is 2.56 bits per heavy atom. The highest BCUT2D eigenvalue weighted by Gasteiger charge is 2.43. The van der Waals surface area contributed by atoms with E-state index in [0.29, 0.717) is 34.6 Å². The van der Waals surface area contributed by atoms with Crippen LogP contribution in [0.15, 0.2) is 51.7 Å². The zero-order valence-corrected chi connectivity index (χ0v) is 19.4. The molecular weight excluding hydrogens is 436 g/mol. The molecule has 0 spiro atoms. The van der Waals surface area contributed by atoms with Crippen LogP contribution in [0.4, 0.5) is 0 Å². The summed E-state index contributed by atoms with van der Waals surface area (Å²) in [4.78, 5) is 31.3. The smallest absolute Gasteiger partial charge is 0.290 e. The van der Waals surface area contributed by atoms with Crippen molar-refractivity contribution in [2.75, 3.05) is 53.6 Å². The Kier molecular flexibility index (Phi) is 6.26. The largest absolute Gasteiger partial charge is 0.497 e. The number of rotatable bonds is 7. The van der Waals surface area contributed by atoms with Crippen molar-refractivity contribution < 1.29 is 23.4 Å². The van der Waals surface area contributed by atoms with Crippen LogP contribution in [0.2, 0.25) is 0 Å². The van der Waals surface area contributed by atoms with Crippen LogP contribution in [0.3, 0.4) is 0 Å². The van der Waals surface area contributed by atoms with Crippen LogP contribution in [-0.4, -0.2) is 69.3 Å². The van der Waals surface area contributed by atoms with Gasteiger partial charge in [0.2, 0.25) is 5.76 Å². The summed E-state index contributed by atoms with van der Waals surface area (Å²) in [6, 6.07) is 12.0. The van der Waals surface area contributed by atoms with Gasteiger partial charge in [0.05, 0.1) is 44.4 Å². The van der Waals surface area contributed by atoms with Crippen molar-refractivity contribution in [1.82, 2.24) is 9.80 Å². The van der Waals surface area contributed by atoms with E-state index in [4.69, 9.17) is 18.6 Å². The molecule has 0 bridgehead atoms. The highest BCUT2D eigenvalue weighted by atomic mass is 16.5. The van der Waals surface area contributed by atoms with Gasteiger partial charge in [-0.05, 0) is 24.6 Å². The first-order chi connectivity index (χ1) is 16.6. The van der Waals surface area contributed by atoms with Crippen molar-refractivity contribution in [1.29, 1.82) is 0 Å². The molecular formula is C26H28N2O6. The van der Waals surface area contributed by atoms with Crippen molar-refractivity contribution in [2.24, 2.45) is 0 Å². The van der Waals surface area contributed by atoms with Crippen molar-refractivity contribution in [2.45, 2.75) is 12.5 Å². The average molecular weight is 465 g/mol. The number of hydrogen-bond donors (Lipinski definition) is 0. The summed E-state index contributed by atoms with van der Waals surface area (Å²) >= 11 is 0. The van der Waals surface area contributed by atoms with Gasteiger partial charge >= 0.3 is 0 Å². The number of ether oxygens (including phenoxy) is 3. The van der Waals surface area contributed by atoms with Crippen LogP contribution in [0.25, 0.3) is 11.0 Å². The molecule has 3 aromatic rings. The standard InChI is InChI=1S/C26H28N2O6/c1-31-17-8-9-19-21(16-17)34-25-22(24(19)29)23(18-6-3-4-7-20(18)32-2)28(26(25)30)11-5-10-27-12-14-33-15-13-27/h3-4,6-9,16,23H,5,10-15H2,1-2H3/t23-/m1/s1. The summed E-state index contributed by atoms with van der Waals surface area (Å²) in [6.45, 7) is 4.57. The molecule has 2 aliphatic rings. The van der Waals surface area contributed by atoms with Crippen LogP contribution in [0.5, 0.6) is 11.5 Å². The van der Waals surface area contributed by atoms with Gasteiger partial charge in [-0.15, -0.1) is 0 Å². The molecule has 0 saturated carbocycles. The molecule has 34 heavy (non-hydrogen) atoms. The highest BCUT2D eigenvalue weighted by Crippen LogP contribution is 2.41. The molecule has 1 amide bonds. The van der Waals surface area contributed by atoms with E-state index in [-0.39, 0.29) is 17.1 Å². The fourth-order valence-electron chi connectivity index (χ4n) is 4.86. The SMILES string of the molecule is COc1ccc2c(=O)c3c(oc2c1)C(=O)N(CCCN1CCOCC1)[C@@H]3c1ccccc1OC. The molecule has 8 nitrogen and oxygen atoms in total. The maximum absolute atomic E-state index is 13.7. The Morgan fingerprint density at radius 1 is 1.00 bits per heavy atom. The summed E-state index contributed by atoms with van der Waals surface area (Å²) in [5.41, 5.74) is 1.26. The Hall–Kier alpha value is -3.36. The van der Waals surface area contributed by atoms with Crippen LogP contribution in [0, 0.1) is 0 Å². The molecule has 1 aromatic heterocycles. The maximum Gasteiger partial charge on any atom is 0.290 e. The quantitative estimate of drug-likeness (QED) is 0.532. The van der Waals surface area contributed by atoms with Crippen LogP contribution < -0.4 is 14.9 Å². The van der Waals surface area contributed by atoms with E-state index < -0.39 is 6.04 Å². The Balaban J connectivity index is 1.57. The number of amides is 1. The van der Waals surface area contributed by atoms with Crippen LogP contribution in [0.1, 0.15) is 34.1 Å². The second kappa shape index (κ2) is 9.48. The molecule has 0 radical (unpaired) electrons. The minimum atomic E-state index is -0.578. The van der Waals surface area contributed by atoms with Gasteiger partial charge in [-0.3, -0.25) is 14.5 Å². The number of benzene rings is 2. The van der Waals surface area contributed by atoms with Crippen LogP contribution in [-0.2, 0) is 4.74 Å². The summed E-state index contributed by atoms with van der Waals surface area (Å²) in [5, 5.41) is 0.419. The highest BCUT2D eigenvalue weighted by molar-refractivity contribution is 5.99. The van der Waals surface area contributed by atoms with Crippen molar-refractivity contribution in [3.05, 3.63) is 69.6 Å². The van der Waals surface area contributed by atoms with Gasteiger partial charge in [0.25, 0.3) is 5.91 Å². The molecule has 3 heterocycles. The third-order valence-corrected chi connectivity index (χ3v) is 6.59. The molecule has 1 fully saturated rings. The zero-order valence-electron chi connectivity index (χ0n) is 19.4. The predicted octanol–water partition coefficient (Wildman–Crippen LogP) is 3.08. The van der Waals surface area contributed by atoms with E-state index in [2.05, 4.69) is 4.90 Å². The van der Waals surface area contributed by atoms with E-state index >= 15 is 0 Å². The lowest BCUT2D eigenvalue weighted by Gasteiger charge is -2.29. The molecule has 5 rings (SSSR count). The van der Waals surface area contributed by atoms with Gasteiger partial charge in [-0.2, -0.15) is 0 Å². The van der Waals surface area contributed by atoms with Gasteiger partial charge in [-0.25, -0.2) is 0 Å². The van der Waals surface area contributed by atoms with Gasteiger partial charge in [-0.1, -0.05) is 18.2 Å². The number of para-hydroxylation sites is 1. The first-order valence-corrected chi connectivity index (χ1v) is 11.5. The number of carbonyl (C=O) groups excluding carboxylic acids is 1. The second-order valence-electron chi connectivity index (χ2n) is 8.49. The average Bonchev–Trinajstić information content (AvgIpc) is 3.15. The van der Waals surface area contributed by atoms with Gasteiger partial charge in [0.1, 0.15) is 17.1 Å². The van der Waals surface area contributed by atoms with Crippen LogP contribution >= 0.6 is 0 Å². The van der Waals surface area contributed by atoms with Gasteiger partial charge < -0.3 is 23.5 Å². The molecule has 0 N–H and O–H groups in total. The second-order valence-corrected chi connectivity index (χ2v) is 8.49. The summed E-state index contributed by atoms with van der Waals surface area (Å²) in [7, 11) is 3.14. The number of nitrogens with zero attached hydrogens (tertiary/aromatic N) is 2. The molecule has 0 unspecified atom stereocenters. The third kappa shape index (κ3) is 3.93. The predicted molar refractivity (Wildman–Crippen MR) is 127 cm³/mol. The monoisotopic (exact) mass is 464 g/mol. The van der Waals surface area contributed by atoms with E-state index in [9.17, 15) is 9.59 Å². The molecule has 8 heteroatoms. The van der Waals surface area contributed by atoms with Gasteiger partial charge in [0, 0.05) is 37.8 Å². The Morgan fingerprint density at radius 2 is 1.79 bits per heavy atom. The van der Waals surface area contributed by atoms with Crippen molar-refractivity contribution in [3.63, 3.8) is 0 Å². The number of morpholine rings is 1. The summed E-state index contributed by atoms with van der Waals surface area (Å²) < 4.78 is 22.4. The molecule has 0 aliphatic carbocycles. The number of fused-ring (bicyclic) bond motifs is 2. The first-order valence-electron chi connectivity index (χ1n) is 11.5. The Bertz CT molecular complexity index is 1260. The molecule has 2 aliphatic heterocycles. The summed E-state index contributed by atoms with van der Waals surface area (Å²) in [5.74, 6) is 0.994. The number of methoxy groups -OCH3 is 2. The topological polar surface area (TPSA) is 81.5 Å². The third-order valence-electron chi connectivity index (χ3n) is 6.59.